The predicted molar refractivity (Wildman–Crippen MR) is 142 cm³/mol. The van der Waals surface area contributed by atoms with Crippen molar-refractivity contribution >= 4 is 17.7 Å². The molecule has 3 aromatic rings. The molecule has 1 fully saturated rings. The van der Waals surface area contributed by atoms with Gasteiger partial charge in [-0.2, -0.15) is 0 Å². The lowest BCUT2D eigenvalue weighted by Crippen LogP contribution is -2.35. The van der Waals surface area contributed by atoms with Gasteiger partial charge in [0.05, 0.1) is 18.5 Å². The summed E-state index contributed by atoms with van der Waals surface area (Å²) in [6.07, 6.45) is 16.8. The van der Waals surface area contributed by atoms with Crippen LogP contribution in [0.4, 0.5) is 0 Å². The van der Waals surface area contributed by atoms with Gasteiger partial charge in [0.1, 0.15) is 5.75 Å². The number of methoxy groups -OCH3 is 1. The van der Waals surface area contributed by atoms with Crippen LogP contribution in [0.15, 0.2) is 47.9 Å². The average molecular weight is 509 g/mol. The molecule has 0 unspecified atom stereocenters. The third-order valence-corrected chi connectivity index (χ3v) is 7.50. The summed E-state index contributed by atoms with van der Waals surface area (Å²) in [6.45, 7) is 0. The van der Waals surface area contributed by atoms with Crippen LogP contribution in [-0.4, -0.2) is 44.0 Å². The topological polar surface area (TPSA) is 94.8 Å². The van der Waals surface area contributed by atoms with Crippen molar-refractivity contribution in [3.63, 3.8) is 0 Å². The Hall–Kier alpha value is -2.94. The molecule has 0 atom stereocenters. The summed E-state index contributed by atoms with van der Waals surface area (Å²) in [6, 6.07) is 9.53. The first-order valence-electron chi connectivity index (χ1n) is 13.0. The summed E-state index contributed by atoms with van der Waals surface area (Å²) in [5.74, 6) is 1.07. The molecule has 9 heteroatoms. The highest BCUT2D eigenvalue weighted by atomic mass is 32.2. The molecule has 2 heterocycles. The number of aromatic nitrogens is 5. The number of ether oxygens (including phenoxy) is 1. The minimum Gasteiger partial charge on any atom is -0.497 e. The second-order valence-electron chi connectivity index (χ2n) is 9.24. The van der Waals surface area contributed by atoms with Crippen molar-refractivity contribution in [2.75, 3.05) is 7.11 Å². The van der Waals surface area contributed by atoms with Gasteiger partial charge in [0, 0.05) is 24.2 Å². The Morgan fingerprint density at radius 1 is 0.972 bits per heavy atom. The lowest BCUT2D eigenvalue weighted by Gasteiger charge is -2.19. The van der Waals surface area contributed by atoms with E-state index >= 15 is 0 Å². The summed E-state index contributed by atoms with van der Waals surface area (Å²) in [5.41, 5.74) is 1.90. The van der Waals surface area contributed by atoms with Crippen LogP contribution in [0.25, 0.3) is 5.69 Å². The number of hydrogen-bond acceptors (Lipinski definition) is 7. The van der Waals surface area contributed by atoms with Gasteiger partial charge >= 0.3 is 0 Å². The van der Waals surface area contributed by atoms with Gasteiger partial charge in [-0.05, 0) is 43.2 Å². The SMILES string of the molecule is COc1ccc(-n2nnc(C(=O)NC3CCCCCCCCCCC3)c2CSc2ncccn2)cc1. The number of nitrogens with one attached hydrogen (secondary N) is 1. The van der Waals surface area contributed by atoms with Crippen LogP contribution in [0.2, 0.25) is 0 Å². The Morgan fingerprint density at radius 3 is 2.19 bits per heavy atom. The zero-order valence-electron chi connectivity index (χ0n) is 21.1. The lowest BCUT2D eigenvalue weighted by molar-refractivity contribution is 0.0925. The normalized spacial score (nSPS) is 16.0. The fourth-order valence-electron chi connectivity index (χ4n) is 4.59. The largest absolute Gasteiger partial charge is 0.497 e. The smallest absolute Gasteiger partial charge is 0.274 e. The van der Waals surface area contributed by atoms with Crippen LogP contribution < -0.4 is 10.1 Å². The average Bonchev–Trinajstić information content (AvgIpc) is 3.34. The van der Waals surface area contributed by atoms with E-state index in [0.717, 1.165) is 42.8 Å². The van der Waals surface area contributed by atoms with Gasteiger partial charge in [-0.25, -0.2) is 14.6 Å². The fraction of sp³-hybridized carbons (Fsp3) is 0.519. The lowest BCUT2D eigenvalue weighted by atomic mass is 9.98. The molecule has 0 saturated heterocycles. The van der Waals surface area contributed by atoms with Crippen LogP contribution in [-0.2, 0) is 5.75 Å². The number of nitrogens with zero attached hydrogens (tertiary/aromatic N) is 5. The van der Waals surface area contributed by atoms with Crippen LogP contribution in [0.3, 0.4) is 0 Å². The molecule has 1 saturated carbocycles. The number of amides is 1. The molecular weight excluding hydrogens is 472 g/mol. The Balaban J connectivity index is 1.52. The van der Waals surface area contributed by atoms with E-state index in [0.29, 0.717) is 16.6 Å². The maximum absolute atomic E-state index is 13.5. The molecule has 36 heavy (non-hydrogen) atoms. The van der Waals surface area contributed by atoms with Crippen LogP contribution in [0.1, 0.15) is 86.8 Å². The second kappa shape index (κ2) is 14.0. The summed E-state index contributed by atoms with van der Waals surface area (Å²) >= 11 is 1.46. The highest BCUT2D eigenvalue weighted by Crippen LogP contribution is 2.24. The number of rotatable bonds is 7. The molecule has 1 N–H and O–H groups in total. The summed E-state index contributed by atoms with van der Waals surface area (Å²) < 4.78 is 7.02. The molecule has 1 aliphatic rings. The van der Waals surface area contributed by atoms with E-state index in [-0.39, 0.29) is 11.9 Å². The minimum atomic E-state index is -0.156. The Bertz CT molecular complexity index is 1060. The first kappa shape index (κ1) is 26.1. The Labute approximate surface area is 217 Å². The molecule has 1 aromatic carbocycles. The molecule has 1 amide bonds. The number of carbonyl (C=O) groups is 1. The van der Waals surface area contributed by atoms with E-state index in [1.807, 2.05) is 24.3 Å². The van der Waals surface area contributed by atoms with Gasteiger partial charge < -0.3 is 10.1 Å². The Morgan fingerprint density at radius 2 is 1.58 bits per heavy atom. The van der Waals surface area contributed by atoms with Crippen molar-refractivity contribution in [2.24, 2.45) is 0 Å². The molecule has 0 radical (unpaired) electrons. The van der Waals surface area contributed by atoms with Gasteiger partial charge in [-0.3, -0.25) is 4.79 Å². The molecule has 2 aromatic heterocycles. The number of benzene rings is 1. The highest BCUT2D eigenvalue weighted by Gasteiger charge is 2.23. The summed E-state index contributed by atoms with van der Waals surface area (Å²) in [5, 5.41) is 12.6. The van der Waals surface area contributed by atoms with Gasteiger partial charge in [-0.1, -0.05) is 74.8 Å². The van der Waals surface area contributed by atoms with E-state index in [4.69, 9.17) is 4.74 Å². The highest BCUT2D eigenvalue weighted by molar-refractivity contribution is 7.98. The standard InChI is InChI=1S/C27H36N6O2S/c1-35-23-16-14-22(15-17-23)33-24(20-36-27-28-18-11-19-29-27)25(31-32-33)26(34)30-21-12-9-7-5-3-2-4-6-8-10-13-21/h11,14-19,21H,2-10,12-13,20H2,1H3,(H,30,34). The van der Waals surface area contributed by atoms with Gasteiger partial charge in [-0.15, -0.1) is 5.10 Å². The van der Waals surface area contributed by atoms with E-state index in [1.165, 1.54) is 56.7 Å². The first-order chi connectivity index (χ1) is 17.7. The van der Waals surface area contributed by atoms with E-state index in [2.05, 4.69) is 25.6 Å². The van der Waals surface area contributed by atoms with Crippen molar-refractivity contribution < 1.29 is 9.53 Å². The van der Waals surface area contributed by atoms with Crippen LogP contribution >= 0.6 is 11.8 Å². The maximum Gasteiger partial charge on any atom is 0.274 e. The van der Waals surface area contributed by atoms with Gasteiger partial charge in [0.25, 0.3) is 5.91 Å². The van der Waals surface area contributed by atoms with E-state index in [9.17, 15) is 4.79 Å². The molecule has 4 rings (SSSR count). The van der Waals surface area contributed by atoms with Gasteiger partial charge in [0.15, 0.2) is 10.9 Å². The third-order valence-electron chi connectivity index (χ3n) is 6.62. The molecule has 1 aliphatic carbocycles. The molecule has 0 spiro atoms. The zero-order valence-corrected chi connectivity index (χ0v) is 21.9. The zero-order chi connectivity index (χ0) is 25.0. The van der Waals surface area contributed by atoms with Crippen molar-refractivity contribution in [2.45, 2.75) is 87.6 Å². The quantitative estimate of drug-likeness (QED) is 0.320. The fourth-order valence-corrected chi connectivity index (χ4v) is 5.39. The van der Waals surface area contributed by atoms with Crippen LogP contribution in [0.5, 0.6) is 5.75 Å². The van der Waals surface area contributed by atoms with Crippen molar-refractivity contribution in [3.05, 3.63) is 54.1 Å². The number of hydrogen-bond donors (Lipinski definition) is 1. The van der Waals surface area contributed by atoms with Crippen molar-refractivity contribution in [3.8, 4) is 11.4 Å². The third kappa shape index (κ3) is 7.53. The number of carbonyl (C=O) groups excluding carboxylic acids is 1. The molecule has 192 valence electrons. The first-order valence-corrected chi connectivity index (χ1v) is 14.0. The summed E-state index contributed by atoms with van der Waals surface area (Å²) in [7, 11) is 1.64. The monoisotopic (exact) mass is 508 g/mol. The second-order valence-corrected chi connectivity index (χ2v) is 10.2. The van der Waals surface area contributed by atoms with Crippen molar-refractivity contribution in [1.29, 1.82) is 0 Å². The predicted octanol–water partition coefficient (Wildman–Crippen LogP) is 5.76. The molecule has 8 nitrogen and oxygen atoms in total. The van der Waals surface area contributed by atoms with E-state index in [1.54, 1.807) is 30.3 Å². The Kier molecular flexibility index (Phi) is 10.1. The molecule has 0 aliphatic heterocycles. The molecule has 0 bridgehead atoms. The molecular formula is C27H36N6O2S. The summed E-state index contributed by atoms with van der Waals surface area (Å²) in [4.78, 5) is 22.1. The van der Waals surface area contributed by atoms with E-state index < -0.39 is 0 Å². The van der Waals surface area contributed by atoms with Gasteiger partial charge in [0.2, 0.25) is 0 Å². The number of thioether (sulfide) groups is 1. The maximum atomic E-state index is 13.5. The van der Waals surface area contributed by atoms with Crippen LogP contribution in [0, 0.1) is 0 Å². The van der Waals surface area contributed by atoms with Crippen molar-refractivity contribution in [1.82, 2.24) is 30.3 Å². The minimum absolute atomic E-state index is 0.156.